The molecule has 0 radical (unpaired) electrons. The van der Waals surface area contributed by atoms with E-state index in [2.05, 4.69) is 48.5 Å². The second-order valence-electron chi connectivity index (χ2n) is 12.8. The molecule has 4 N–H and O–H groups in total. The molecule has 0 heterocycles. The quantitative estimate of drug-likeness (QED) is 0.219. The molecule has 4 aromatic carbocycles. The van der Waals surface area contributed by atoms with Crippen molar-refractivity contribution in [3.05, 3.63) is 118 Å². The molecule has 4 fully saturated rings. The number of hydrogen-bond acceptors (Lipinski definition) is 4. The van der Waals surface area contributed by atoms with Crippen LogP contribution in [0.2, 0.25) is 0 Å². The summed E-state index contributed by atoms with van der Waals surface area (Å²) in [6.07, 6.45) is 5.31. The molecule has 4 heteroatoms. The van der Waals surface area contributed by atoms with Crippen LogP contribution in [0.3, 0.4) is 0 Å². The highest BCUT2D eigenvalue weighted by Crippen LogP contribution is 2.76. The summed E-state index contributed by atoms with van der Waals surface area (Å²) in [6.45, 7) is 3.95. The second kappa shape index (κ2) is 8.54. The zero-order valence-corrected chi connectivity index (χ0v) is 23.1. The summed E-state index contributed by atoms with van der Waals surface area (Å²) in [6, 6.07) is 27.9. The Morgan fingerprint density at radius 2 is 0.850 bits per heavy atom. The van der Waals surface area contributed by atoms with Crippen molar-refractivity contribution in [2.45, 2.75) is 62.2 Å². The van der Waals surface area contributed by atoms with Crippen LogP contribution in [-0.4, -0.2) is 20.4 Å². The Hall–Kier alpha value is -3.92. The van der Waals surface area contributed by atoms with Gasteiger partial charge in [0.15, 0.2) is 0 Å². The number of rotatable bonds is 4. The van der Waals surface area contributed by atoms with Crippen LogP contribution in [0.25, 0.3) is 0 Å². The smallest absolute Gasteiger partial charge is 0.118 e. The zero-order chi connectivity index (χ0) is 27.9. The van der Waals surface area contributed by atoms with Gasteiger partial charge < -0.3 is 20.4 Å². The van der Waals surface area contributed by atoms with E-state index in [0.29, 0.717) is 23.3 Å². The normalized spacial score (nSPS) is 28.1. The van der Waals surface area contributed by atoms with Crippen molar-refractivity contribution in [2.24, 2.45) is 11.8 Å². The van der Waals surface area contributed by atoms with Crippen molar-refractivity contribution in [3.8, 4) is 23.0 Å². The predicted molar refractivity (Wildman–Crippen MR) is 156 cm³/mol. The molecule has 0 spiro atoms. The van der Waals surface area contributed by atoms with Crippen LogP contribution in [0.5, 0.6) is 23.0 Å². The minimum absolute atomic E-state index is 0.234. The SMILES string of the molecule is Cc1cc(C23CC4CC(C2)CC(c2ccc(O)c(C)c2)(C4)C3(c2ccc(O)cc2)c2ccc(O)cc2)ccc1O. The fraction of sp³-hybridized carbons (Fsp3) is 0.333. The maximum absolute atomic E-state index is 10.6. The van der Waals surface area contributed by atoms with E-state index in [1.54, 1.807) is 24.3 Å². The average Bonchev–Trinajstić information content (AvgIpc) is 2.93. The molecule has 0 atom stereocenters. The number of aryl methyl sites for hydroxylation is 2. The molecule has 4 bridgehead atoms. The van der Waals surface area contributed by atoms with Crippen LogP contribution >= 0.6 is 0 Å². The van der Waals surface area contributed by atoms with Crippen LogP contribution in [0.4, 0.5) is 0 Å². The van der Waals surface area contributed by atoms with Gasteiger partial charge in [0, 0.05) is 16.2 Å². The van der Waals surface area contributed by atoms with Gasteiger partial charge >= 0.3 is 0 Å². The van der Waals surface area contributed by atoms with Gasteiger partial charge in [-0.05, 0) is 128 Å². The highest BCUT2D eigenvalue weighted by Gasteiger charge is 2.73. The van der Waals surface area contributed by atoms with Gasteiger partial charge in [0.25, 0.3) is 0 Å². The Labute approximate surface area is 235 Å². The third kappa shape index (κ3) is 3.19. The van der Waals surface area contributed by atoms with E-state index >= 15 is 0 Å². The number of benzene rings is 4. The van der Waals surface area contributed by atoms with Gasteiger partial charge in [-0.15, -0.1) is 0 Å². The first-order valence-electron chi connectivity index (χ1n) is 14.4. The third-order valence-corrected chi connectivity index (χ3v) is 10.8. The Bertz CT molecular complexity index is 1470. The summed E-state index contributed by atoms with van der Waals surface area (Å²) in [5.41, 5.74) is 5.36. The Kier molecular flexibility index (Phi) is 5.35. The maximum atomic E-state index is 10.6. The van der Waals surface area contributed by atoms with Crippen molar-refractivity contribution in [2.75, 3.05) is 0 Å². The minimum atomic E-state index is -0.540. The van der Waals surface area contributed by atoms with Gasteiger partial charge in [0.1, 0.15) is 23.0 Å². The van der Waals surface area contributed by atoms with Gasteiger partial charge in [-0.3, -0.25) is 0 Å². The van der Waals surface area contributed by atoms with E-state index in [1.165, 1.54) is 17.5 Å². The summed E-state index contributed by atoms with van der Waals surface area (Å²) >= 11 is 0. The second-order valence-corrected chi connectivity index (χ2v) is 12.8. The number of phenols is 4. The lowest BCUT2D eigenvalue weighted by Crippen LogP contribution is -2.72. The van der Waals surface area contributed by atoms with Gasteiger partial charge in [-0.25, -0.2) is 0 Å². The molecule has 0 aromatic heterocycles. The average molecular weight is 533 g/mol. The predicted octanol–water partition coefficient (Wildman–Crippen LogP) is 7.51. The van der Waals surface area contributed by atoms with E-state index in [-0.39, 0.29) is 22.3 Å². The first kappa shape index (κ1) is 25.1. The fourth-order valence-corrected chi connectivity index (χ4v) is 9.66. The van der Waals surface area contributed by atoms with Crippen LogP contribution < -0.4 is 0 Å². The summed E-state index contributed by atoms with van der Waals surface area (Å²) in [5, 5.41) is 41.9. The number of hydrogen-bond donors (Lipinski definition) is 4. The van der Waals surface area contributed by atoms with Crippen LogP contribution in [-0.2, 0) is 16.2 Å². The summed E-state index contributed by atoms with van der Waals surface area (Å²) in [4.78, 5) is 0. The molecule has 4 nitrogen and oxygen atoms in total. The zero-order valence-electron chi connectivity index (χ0n) is 23.1. The highest BCUT2D eigenvalue weighted by atomic mass is 16.3. The van der Waals surface area contributed by atoms with Crippen LogP contribution in [0, 0.1) is 25.7 Å². The van der Waals surface area contributed by atoms with E-state index in [1.807, 2.05) is 26.0 Å². The highest BCUT2D eigenvalue weighted by molar-refractivity contribution is 5.61. The molecule has 0 aliphatic heterocycles. The van der Waals surface area contributed by atoms with Gasteiger partial charge in [-0.2, -0.15) is 0 Å². The molecule has 40 heavy (non-hydrogen) atoms. The summed E-state index contributed by atoms with van der Waals surface area (Å²) in [5.74, 6) is 2.15. The molecule has 4 aliphatic rings. The topological polar surface area (TPSA) is 80.9 Å². The summed E-state index contributed by atoms with van der Waals surface area (Å²) < 4.78 is 0. The monoisotopic (exact) mass is 532 g/mol. The lowest BCUT2D eigenvalue weighted by molar-refractivity contribution is -0.0905. The van der Waals surface area contributed by atoms with Crippen molar-refractivity contribution < 1.29 is 20.4 Å². The largest absolute Gasteiger partial charge is 0.508 e. The van der Waals surface area contributed by atoms with Crippen molar-refractivity contribution >= 4 is 0 Å². The van der Waals surface area contributed by atoms with Gasteiger partial charge in [0.2, 0.25) is 0 Å². The standard InChI is InChI=1S/C36H36O4/c1-22-15-28(7-13-32(22)39)34-18-24-17-25(19-34)21-35(20-24,29-8-14-33(40)23(2)16-29)36(34,26-3-9-30(37)10-4-26)27-5-11-31(38)12-6-27/h3-16,24-25,37-40H,17-21H2,1-2H3. The lowest BCUT2D eigenvalue weighted by Gasteiger charge is -2.74. The molecule has 4 saturated carbocycles. The Morgan fingerprint density at radius 1 is 0.500 bits per heavy atom. The van der Waals surface area contributed by atoms with E-state index in [9.17, 15) is 20.4 Å². The van der Waals surface area contributed by atoms with Crippen LogP contribution in [0.1, 0.15) is 65.5 Å². The Balaban J connectivity index is 1.66. The molecule has 0 amide bonds. The van der Waals surface area contributed by atoms with Crippen molar-refractivity contribution in [3.63, 3.8) is 0 Å². The first-order chi connectivity index (χ1) is 19.2. The molecule has 204 valence electrons. The van der Waals surface area contributed by atoms with E-state index in [0.717, 1.165) is 47.9 Å². The number of aromatic hydroxyl groups is 4. The molecule has 4 aliphatic carbocycles. The van der Waals surface area contributed by atoms with Crippen molar-refractivity contribution in [1.29, 1.82) is 0 Å². The molecule has 0 saturated heterocycles. The first-order valence-corrected chi connectivity index (χ1v) is 14.4. The third-order valence-electron chi connectivity index (χ3n) is 10.8. The lowest BCUT2D eigenvalue weighted by atomic mass is 9.29. The van der Waals surface area contributed by atoms with Gasteiger partial charge in [0.05, 0.1) is 0 Å². The van der Waals surface area contributed by atoms with E-state index < -0.39 is 5.41 Å². The van der Waals surface area contributed by atoms with E-state index in [4.69, 9.17) is 0 Å². The minimum Gasteiger partial charge on any atom is -0.508 e. The Morgan fingerprint density at radius 3 is 1.20 bits per heavy atom. The maximum Gasteiger partial charge on any atom is 0.118 e. The molecular weight excluding hydrogens is 496 g/mol. The number of phenolic OH excluding ortho intramolecular Hbond substituents is 4. The molecular formula is C36H36O4. The van der Waals surface area contributed by atoms with Crippen molar-refractivity contribution in [1.82, 2.24) is 0 Å². The summed E-state index contributed by atoms with van der Waals surface area (Å²) in [7, 11) is 0. The molecule has 8 rings (SSSR count). The molecule has 0 unspecified atom stereocenters. The fourth-order valence-electron chi connectivity index (χ4n) is 9.66. The van der Waals surface area contributed by atoms with Crippen LogP contribution in [0.15, 0.2) is 84.9 Å². The molecule has 4 aromatic rings. The van der Waals surface area contributed by atoms with Gasteiger partial charge in [-0.1, -0.05) is 48.5 Å².